The lowest BCUT2D eigenvalue weighted by atomic mass is 10.0. The minimum Gasteiger partial charge on any atom is -0.482 e. The molecular weight excluding hydrogens is 316 g/mol. The highest BCUT2D eigenvalue weighted by Gasteiger charge is 2.22. The van der Waals surface area contributed by atoms with Crippen molar-refractivity contribution in [1.29, 1.82) is 0 Å². The van der Waals surface area contributed by atoms with E-state index >= 15 is 0 Å². The fourth-order valence-electron chi connectivity index (χ4n) is 2.92. The summed E-state index contributed by atoms with van der Waals surface area (Å²) in [4.78, 5) is 25.8. The molecule has 3 rings (SSSR count). The van der Waals surface area contributed by atoms with Gasteiger partial charge in [-0.05, 0) is 35.2 Å². The normalized spacial score (nSPS) is 13.4. The van der Waals surface area contributed by atoms with E-state index in [1.54, 1.807) is 11.9 Å². The Morgan fingerprint density at radius 1 is 1.24 bits per heavy atom. The van der Waals surface area contributed by atoms with Crippen molar-refractivity contribution in [2.24, 2.45) is 0 Å². The molecule has 0 spiro atoms. The van der Waals surface area contributed by atoms with Crippen molar-refractivity contribution in [1.82, 2.24) is 0 Å². The van der Waals surface area contributed by atoms with E-state index in [0.29, 0.717) is 17.4 Å². The third kappa shape index (κ3) is 3.65. The molecule has 1 N–H and O–H groups in total. The van der Waals surface area contributed by atoms with Crippen LogP contribution < -0.4 is 15.0 Å². The Morgan fingerprint density at radius 3 is 2.76 bits per heavy atom. The van der Waals surface area contributed by atoms with Crippen molar-refractivity contribution < 1.29 is 14.3 Å². The number of fused-ring (bicyclic) bond motifs is 1. The smallest absolute Gasteiger partial charge is 0.264 e. The Kier molecular flexibility index (Phi) is 4.74. The molecule has 0 atom stereocenters. The molecule has 1 heterocycles. The lowest BCUT2D eigenvalue weighted by Gasteiger charge is -2.26. The van der Waals surface area contributed by atoms with Crippen LogP contribution in [0.4, 0.5) is 11.4 Å². The van der Waals surface area contributed by atoms with E-state index < -0.39 is 0 Å². The van der Waals surface area contributed by atoms with Crippen LogP contribution in [0, 0.1) is 0 Å². The van der Waals surface area contributed by atoms with Gasteiger partial charge in [-0.1, -0.05) is 38.1 Å². The predicted octanol–water partition coefficient (Wildman–Crippen LogP) is 3.35. The molecule has 0 unspecified atom stereocenters. The fourth-order valence-corrected chi connectivity index (χ4v) is 2.92. The van der Waals surface area contributed by atoms with E-state index in [1.807, 2.05) is 42.5 Å². The summed E-state index contributed by atoms with van der Waals surface area (Å²) in [6, 6.07) is 13.3. The Balaban J connectivity index is 1.75. The first-order valence-electron chi connectivity index (χ1n) is 8.36. The van der Waals surface area contributed by atoms with Gasteiger partial charge in [-0.25, -0.2) is 0 Å². The van der Waals surface area contributed by atoms with Gasteiger partial charge in [-0.3, -0.25) is 9.59 Å². The van der Waals surface area contributed by atoms with Crippen molar-refractivity contribution in [3.05, 3.63) is 53.6 Å². The van der Waals surface area contributed by atoms with Gasteiger partial charge in [-0.2, -0.15) is 0 Å². The maximum absolute atomic E-state index is 12.4. The van der Waals surface area contributed by atoms with Crippen molar-refractivity contribution in [3.8, 4) is 5.75 Å². The molecular formula is C20H22N2O3. The van der Waals surface area contributed by atoms with E-state index in [4.69, 9.17) is 4.74 Å². The average molecular weight is 338 g/mol. The predicted molar refractivity (Wildman–Crippen MR) is 98.2 cm³/mol. The standard InChI is InChI=1S/C20H22N2O3/c1-13(2)15-6-4-5-7-16(15)21-19(23)11-14-8-9-18-17(10-14)22(3)20(24)12-25-18/h4-10,13H,11-12H2,1-3H3,(H,21,23). The van der Waals surface area contributed by atoms with Crippen LogP contribution in [0.3, 0.4) is 0 Å². The topological polar surface area (TPSA) is 58.6 Å². The second-order valence-corrected chi connectivity index (χ2v) is 6.51. The van der Waals surface area contributed by atoms with Crippen molar-refractivity contribution >= 4 is 23.2 Å². The Morgan fingerprint density at radius 2 is 2.00 bits per heavy atom. The zero-order chi connectivity index (χ0) is 18.0. The number of likely N-dealkylation sites (N-methyl/N-ethyl adjacent to an activating group) is 1. The lowest BCUT2D eigenvalue weighted by molar-refractivity contribution is -0.121. The van der Waals surface area contributed by atoms with Crippen LogP contribution in [0.25, 0.3) is 0 Å². The molecule has 0 saturated carbocycles. The third-order valence-electron chi connectivity index (χ3n) is 4.33. The number of hydrogen-bond donors (Lipinski definition) is 1. The molecule has 1 aliphatic rings. The number of benzene rings is 2. The molecule has 130 valence electrons. The second-order valence-electron chi connectivity index (χ2n) is 6.51. The van der Waals surface area contributed by atoms with Crippen molar-refractivity contribution in [3.63, 3.8) is 0 Å². The van der Waals surface area contributed by atoms with Crippen LogP contribution in [-0.2, 0) is 16.0 Å². The summed E-state index contributed by atoms with van der Waals surface area (Å²) in [6.45, 7) is 4.25. The maximum atomic E-state index is 12.4. The fraction of sp³-hybridized carbons (Fsp3) is 0.300. The van der Waals surface area contributed by atoms with Crippen LogP contribution in [0.2, 0.25) is 0 Å². The number of carbonyl (C=O) groups excluding carboxylic acids is 2. The zero-order valence-corrected chi connectivity index (χ0v) is 14.7. The lowest BCUT2D eigenvalue weighted by Crippen LogP contribution is -2.35. The molecule has 1 aliphatic heterocycles. The van der Waals surface area contributed by atoms with Crippen LogP contribution >= 0.6 is 0 Å². The summed E-state index contributed by atoms with van der Waals surface area (Å²) in [6.07, 6.45) is 0.238. The van der Waals surface area contributed by atoms with Gasteiger partial charge >= 0.3 is 0 Å². The monoisotopic (exact) mass is 338 g/mol. The summed E-state index contributed by atoms with van der Waals surface area (Å²) >= 11 is 0. The minimum absolute atomic E-state index is 0.0509. The Bertz CT molecular complexity index is 814. The molecule has 2 amide bonds. The molecule has 0 fully saturated rings. The van der Waals surface area contributed by atoms with Gasteiger partial charge < -0.3 is 15.0 Å². The number of rotatable bonds is 4. The van der Waals surface area contributed by atoms with E-state index in [0.717, 1.165) is 16.8 Å². The number of para-hydroxylation sites is 1. The summed E-state index contributed by atoms with van der Waals surface area (Å²) < 4.78 is 5.41. The summed E-state index contributed by atoms with van der Waals surface area (Å²) in [5.41, 5.74) is 3.49. The first kappa shape index (κ1) is 17.0. The number of nitrogens with one attached hydrogen (secondary N) is 1. The van der Waals surface area contributed by atoms with Gasteiger partial charge in [0, 0.05) is 12.7 Å². The molecule has 25 heavy (non-hydrogen) atoms. The SMILES string of the molecule is CC(C)c1ccccc1NC(=O)Cc1ccc2c(c1)N(C)C(=O)CO2. The number of amides is 2. The molecule has 0 aliphatic carbocycles. The molecule has 2 aromatic carbocycles. The number of carbonyl (C=O) groups is 2. The molecule has 5 heteroatoms. The Hall–Kier alpha value is -2.82. The van der Waals surface area contributed by atoms with Gasteiger partial charge in [0.1, 0.15) is 5.75 Å². The quantitative estimate of drug-likeness (QED) is 0.930. The van der Waals surface area contributed by atoms with Crippen LogP contribution in [-0.4, -0.2) is 25.5 Å². The molecule has 0 radical (unpaired) electrons. The number of hydrogen-bond acceptors (Lipinski definition) is 3. The van der Waals surface area contributed by atoms with Gasteiger partial charge in [-0.15, -0.1) is 0 Å². The highest BCUT2D eigenvalue weighted by atomic mass is 16.5. The number of anilines is 2. The molecule has 0 aromatic heterocycles. The van der Waals surface area contributed by atoms with E-state index in [2.05, 4.69) is 19.2 Å². The van der Waals surface area contributed by atoms with Crippen molar-refractivity contribution in [2.45, 2.75) is 26.2 Å². The van der Waals surface area contributed by atoms with Gasteiger partial charge in [0.05, 0.1) is 12.1 Å². The molecule has 0 saturated heterocycles. The van der Waals surface area contributed by atoms with E-state index in [-0.39, 0.29) is 24.8 Å². The van der Waals surface area contributed by atoms with Gasteiger partial charge in [0.2, 0.25) is 5.91 Å². The summed E-state index contributed by atoms with van der Waals surface area (Å²) in [5, 5.41) is 2.99. The first-order valence-corrected chi connectivity index (χ1v) is 8.36. The molecule has 5 nitrogen and oxygen atoms in total. The van der Waals surface area contributed by atoms with Gasteiger partial charge in [0.25, 0.3) is 5.91 Å². The van der Waals surface area contributed by atoms with E-state index in [9.17, 15) is 9.59 Å². The Labute approximate surface area is 147 Å². The van der Waals surface area contributed by atoms with E-state index in [1.165, 1.54) is 0 Å². The average Bonchev–Trinajstić information content (AvgIpc) is 2.59. The van der Waals surface area contributed by atoms with Crippen LogP contribution in [0.15, 0.2) is 42.5 Å². The minimum atomic E-state index is -0.0973. The third-order valence-corrected chi connectivity index (χ3v) is 4.33. The highest BCUT2D eigenvalue weighted by Crippen LogP contribution is 2.32. The first-order chi connectivity index (χ1) is 12.0. The number of ether oxygens (including phenoxy) is 1. The molecule has 0 bridgehead atoms. The highest BCUT2D eigenvalue weighted by molar-refractivity contribution is 5.98. The summed E-state index contributed by atoms with van der Waals surface area (Å²) in [7, 11) is 1.71. The number of nitrogens with zero attached hydrogens (tertiary/aromatic N) is 1. The van der Waals surface area contributed by atoms with Crippen LogP contribution in [0.5, 0.6) is 5.75 Å². The largest absolute Gasteiger partial charge is 0.482 e. The molecule has 2 aromatic rings. The summed E-state index contributed by atoms with van der Waals surface area (Å²) in [5.74, 6) is 0.812. The van der Waals surface area contributed by atoms with Crippen molar-refractivity contribution in [2.75, 3.05) is 23.9 Å². The second kappa shape index (κ2) is 6.97. The zero-order valence-electron chi connectivity index (χ0n) is 14.7. The maximum Gasteiger partial charge on any atom is 0.264 e. The van der Waals surface area contributed by atoms with Gasteiger partial charge in [0.15, 0.2) is 6.61 Å². The van der Waals surface area contributed by atoms with Crippen LogP contribution in [0.1, 0.15) is 30.9 Å².